The Morgan fingerprint density at radius 3 is 2.60 bits per heavy atom. The Bertz CT molecular complexity index is 877. The van der Waals surface area contributed by atoms with Gasteiger partial charge in [0.2, 0.25) is 11.8 Å². The molecule has 2 aromatic heterocycles. The van der Waals surface area contributed by atoms with E-state index < -0.39 is 0 Å². The maximum absolute atomic E-state index is 12.5. The van der Waals surface area contributed by atoms with Crippen LogP contribution in [0.4, 0.5) is 5.82 Å². The smallest absolute Gasteiger partial charge is 0.230 e. The summed E-state index contributed by atoms with van der Waals surface area (Å²) in [5.41, 5.74) is -0.387. The van der Waals surface area contributed by atoms with Gasteiger partial charge in [-0.05, 0) is 12.1 Å². The molecule has 0 aliphatic carbocycles. The summed E-state index contributed by atoms with van der Waals surface area (Å²) in [4.78, 5) is 37.3. The van der Waals surface area contributed by atoms with Crippen LogP contribution in [0.1, 0.15) is 26.5 Å². The standard InChI is InChI=1S/C20H26ClN5O3S/c1-20(2,3)18(28)26-8-6-25(7-9-26)16-11-15(21)23-19(24-16)30-13-17(27)22-12-14-5-4-10-29-14/h4-5,10-11H,6-9,12-13H2,1-3H3,(H,22,27). The number of furan rings is 1. The molecule has 0 spiro atoms. The van der Waals surface area contributed by atoms with Crippen molar-refractivity contribution in [2.24, 2.45) is 5.41 Å². The number of rotatable bonds is 6. The zero-order valence-corrected chi connectivity index (χ0v) is 18.9. The van der Waals surface area contributed by atoms with Gasteiger partial charge in [0.1, 0.15) is 16.7 Å². The molecule has 10 heteroatoms. The Balaban J connectivity index is 1.54. The van der Waals surface area contributed by atoms with E-state index in [4.69, 9.17) is 16.0 Å². The molecule has 0 bridgehead atoms. The van der Waals surface area contributed by atoms with Crippen LogP contribution in [-0.4, -0.2) is 58.6 Å². The quantitative estimate of drug-likeness (QED) is 0.410. The zero-order valence-electron chi connectivity index (χ0n) is 17.4. The molecular weight excluding hydrogens is 426 g/mol. The highest BCUT2D eigenvalue weighted by atomic mass is 35.5. The second-order valence-electron chi connectivity index (χ2n) is 8.01. The Morgan fingerprint density at radius 2 is 1.97 bits per heavy atom. The summed E-state index contributed by atoms with van der Waals surface area (Å²) in [6.07, 6.45) is 1.57. The normalized spacial score (nSPS) is 14.7. The highest BCUT2D eigenvalue weighted by Gasteiger charge is 2.30. The molecule has 0 unspecified atom stereocenters. The van der Waals surface area contributed by atoms with E-state index in [1.54, 1.807) is 24.5 Å². The minimum atomic E-state index is -0.387. The van der Waals surface area contributed by atoms with Gasteiger partial charge in [-0.2, -0.15) is 0 Å². The predicted octanol–water partition coefficient (Wildman–Crippen LogP) is 2.83. The van der Waals surface area contributed by atoms with Crippen LogP contribution in [0.25, 0.3) is 0 Å². The minimum Gasteiger partial charge on any atom is -0.467 e. The molecule has 3 rings (SSSR count). The van der Waals surface area contributed by atoms with Crippen LogP contribution in [0.5, 0.6) is 0 Å². The average Bonchev–Trinajstić information content (AvgIpc) is 3.23. The topological polar surface area (TPSA) is 91.6 Å². The highest BCUT2D eigenvalue weighted by molar-refractivity contribution is 7.99. The highest BCUT2D eigenvalue weighted by Crippen LogP contribution is 2.24. The van der Waals surface area contributed by atoms with Gasteiger partial charge in [-0.3, -0.25) is 9.59 Å². The van der Waals surface area contributed by atoms with Crippen molar-refractivity contribution in [2.45, 2.75) is 32.5 Å². The molecule has 162 valence electrons. The van der Waals surface area contributed by atoms with E-state index in [2.05, 4.69) is 20.2 Å². The fourth-order valence-corrected chi connectivity index (χ4v) is 3.92. The molecule has 0 atom stereocenters. The lowest BCUT2D eigenvalue weighted by Gasteiger charge is -2.38. The Kier molecular flexibility index (Phi) is 7.25. The van der Waals surface area contributed by atoms with Crippen molar-refractivity contribution in [3.05, 3.63) is 35.4 Å². The van der Waals surface area contributed by atoms with Crippen LogP contribution in [0, 0.1) is 5.41 Å². The van der Waals surface area contributed by atoms with Crippen LogP contribution < -0.4 is 10.2 Å². The van der Waals surface area contributed by atoms with Gasteiger partial charge in [-0.25, -0.2) is 9.97 Å². The Labute approximate surface area is 185 Å². The van der Waals surface area contributed by atoms with Crippen LogP contribution in [0.15, 0.2) is 34.0 Å². The zero-order chi connectivity index (χ0) is 21.7. The minimum absolute atomic E-state index is 0.143. The molecule has 0 saturated carbocycles. The molecule has 2 aromatic rings. The molecule has 0 aromatic carbocycles. The SMILES string of the molecule is CC(C)(C)C(=O)N1CCN(c2cc(Cl)nc(SCC(=O)NCc3ccco3)n2)CC1. The van der Waals surface area contributed by atoms with Crippen LogP contribution in [-0.2, 0) is 16.1 Å². The monoisotopic (exact) mass is 451 g/mol. The molecule has 2 amide bonds. The largest absolute Gasteiger partial charge is 0.467 e. The van der Waals surface area contributed by atoms with Gasteiger partial charge in [0, 0.05) is 37.7 Å². The first-order valence-corrected chi connectivity index (χ1v) is 11.1. The molecule has 1 fully saturated rings. The number of nitrogens with zero attached hydrogens (tertiary/aromatic N) is 4. The summed E-state index contributed by atoms with van der Waals surface area (Å²) in [5.74, 6) is 1.58. The molecule has 1 aliphatic rings. The summed E-state index contributed by atoms with van der Waals surface area (Å²) in [7, 11) is 0. The molecule has 8 nitrogen and oxygen atoms in total. The Hall–Kier alpha value is -2.26. The maximum atomic E-state index is 12.5. The van der Waals surface area contributed by atoms with Crippen molar-refractivity contribution in [1.82, 2.24) is 20.2 Å². The van der Waals surface area contributed by atoms with Gasteiger partial charge in [-0.15, -0.1) is 0 Å². The summed E-state index contributed by atoms with van der Waals surface area (Å²) >= 11 is 7.41. The number of carbonyl (C=O) groups excluding carboxylic acids is 2. The summed E-state index contributed by atoms with van der Waals surface area (Å²) < 4.78 is 5.19. The first-order valence-electron chi connectivity index (χ1n) is 9.73. The number of nitrogens with one attached hydrogen (secondary N) is 1. The predicted molar refractivity (Wildman–Crippen MR) is 117 cm³/mol. The van der Waals surface area contributed by atoms with Gasteiger partial charge in [0.25, 0.3) is 0 Å². The Morgan fingerprint density at radius 1 is 1.23 bits per heavy atom. The van der Waals surface area contributed by atoms with Crippen LogP contribution in [0.3, 0.4) is 0 Å². The van der Waals surface area contributed by atoms with Crippen molar-refractivity contribution >= 4 is 41.0 Å². The van der Waals surface area contributed by atoms with Crippen LogP contribution in [0.2, 0.25) is 5.15 Å². The van der Waals surface area contributed by atoms with Crippen molar-refractivity contribution in [2.75, 3.05) is 36.8 Å². The number of hydrogen-bond acceptors (Lipinski definition) is 7. The second-order valence-corrected chi connectivity index (χ2v) is 9.34. The number of carbonyl (C=O) groups is 2. The molecule has 1 saturated heterocycles. The molecule has 0 radical (unpaired) electrons. The van der Waals surface area contributed by atoms with Crippen molar-refractivity contribution in [3.8, 4) is 0 Å². The first-order chi connectivity index (χ1) is 14.2. The summed E-state index contributed by atoms with van der Waals surface area (Å²) in [6.45, 7) is 8.74. The van der Waals surface area contributed by atoms with Gasteiger partial charge in [0.15, 0.2) is 5.16 Å². The number of anilines is 1. The van der Waals surface area contributed by atoms with E-state index in [9.17, 15) is 9.59 Å². The molecule has 3 heterocycles. The van der Waals surface area contributed by atoms with Gasteiger partial charge < -0.3 is 19.5 Å². The van der Waals surface area contributed by atoms with Crippen LogP contribution >= 0.6 is 23.4 Å². The maximum Gasteiger partial charge on any atom is 0.230 e. The van der Waals surface area contributed by atoms with Crippen molar-refractivity contribution in [3.63, 3.8) is 0 Å². The van der Waals surface area contributed by atoms with E-state index in [0.717, 1.165) is 0 Å². The van der Waals surface area contributed by atoms with E-state index >= 15 is 0 Å². The molecule has 1 aliphatic heterocycles. The average molecular weight is 452 g/mol. The first kappa shape index (κ1) is 22.4. The van der Waals surface area contributed by atoms with Crippen molar-refractivity contribution < 1.29 is 14.0 Å². The van der Waals surface area contributed by atoms with Gasteiger partial charge in [-0.1, -0.05) is 44.1 Å². The lowest BCUT2D eigenvalue weighted by atomic mass is 9.94. The number of piperazine rings is 1. The van der Waals surface area contributed by atoms with E-state index in [-0.39, 0.29) is 23.0 Å². The number of thioether (sulfide) groups is 1. The molecule has 1 N–H and O–H groups in total. The third-order valence-electron chi connectivity index (χ3n) is 4.57. The number of aromatic nitrogens is 2. The molecule has 30 heavy (non-hydrogen) atoms. The number of halogens is 1. The summed E-state index contributed by atoms with van der Waals surface area (Å²) in [5, 5.41) is 3.55. The second kappa shape index (κ2) is 9.70. The fourth-order valence-electron chi connectivity index (χ4n) is 3.00. The van der Waals surface area contributed by atoms with E-state index in [0.29, 0.717) is 54.6 Å². The lowest BCUT2D eigenvalue weighted by Crippen LogP contribution is -2.51. The van der Waals surface area contributed by atoms with E-state index in [1.165, 1.54) is 11.8 Å². The number of amides is 2. The summed E-state index contributed by atoms with van der Waals surface area (Å²) in [6, 6.07) is 5.29. The molecular formula is C20H26ClN5O3S. The van der Waals surface area contributed by atoms with Crippen molar-refractivity contribution in [1.29, 1.82) is 0 Å². The van der Waals surface area contributed by atoms with E-state index in [1.807, 2.05) is 25.7 Å². The third-order valence-corrected chi connectivity index (χ3v) is 5.61. The lowest BCUT2D eigenvalue weighted by molar-refractivity contribution is -0.139. The number of hydrogen-bond donors (Lipinski definition) is 1. The fraction of sp³-hybridized carbons (Fsp3) is 0.500. The van der Waals surface area contributed by atoms with Gasteiger partial charge >= 0.3 is 0 Å². The third kappa shape index (κ3) is 6.12. The van der Waals surface area contributed by atoms with Gasteiger partial charge in [0.05, 0.1) is 18.6 Å².